The van der Waals surface area contributed by atoms with E-state index in [1.54, 1.807) is 5.38 Å². The number of hydrogen-bond acceptors (Lipinski definition) is 7. The molecule has 0 aliphatic heterocycles. The third-order valence-electron chi connectivity index (χ3n) is 9.15. The summed E-state index contributed by atoms with van der Waals surface area (Å²) in [7, 11) is 0. The van der Waals surface area contributed by atoms with Gasteiger partial charge in [0.1, 0.15) is 6.17 Å². The molecule has 6 nitrogen and oxygen atoms in total. The van der Waals surface area contributed by atoms with Crippen LogP contribution in [0.25, 0.3) is 0 Å². The Morgan fingerprint density at radius 1 is 1.29 bits per heavy atom. The lowest BCUT2D eigenvalue weighted by Gasteiger charge is -2.62. The van der Waals surface area contributed by atoms with E-state index in [9.17, 15) is 19.5 Å². The van der Waals surface area contributed by atoms with Crippen molar-refractivity contribution in [2.75, 3.05) is 0 Å². The Labute approximate surface area is 211 Å². The molecule has 0 radical (unpaired) electrons. The van der Waals surface area contributed by atoms with E-state index in [0.717, 1.165) is 17.6 Å². The summed E-state index contributed by atoms with van der Waals surface area (Å²) in [5.74, 6) is -3.87. The van der Waals surface area contributed by atoms with Crippen LogP contribution < -0.4 is 0 Å². The summed E-state index contributed by atoms with van der Waals surface area (Å²) in [6, 6.07) is 1.43. The van der Waals surface area contributed by atoms with Crippen molar-refractivity contribution in [3.8, 4) is 0 Å². The molecule has 1 N–H and O–H groups in total. The van der Waals surface area contributed by atoms with Crippen LogP contribution in [0.3, 0.4) is 0 Å². The third-order valence-corrected chi connectivity index (χ3v) is 9.99. The molecule has 1 aromatic rings. The van der Waals surface area contributed by atoms with Gasteiger partial charge in [-0.2, -0.15) is 4.37 Å². The summed E-state index contributed by atoms with van der Waals surface area (Å²) in [6.45, 7) is 5.23. The quantitative estimate of drug-likeness (QED) is 0.454. The van der Waals surface area contributed by atoms with E-state index >= 15 is 8.78 Å². The van der Waals surface area contributed by atoms with Crippen molar-refractivity contribution in [3.63, 3.8) is 0 Å². The maximum absolute atomic E-state index is 17.4. The van der Waals surface area contributed by atoms with Gasteiger partial charge in [0, 0.05) is 17.2 Å². The molecule has 0 aromatic carbocycles. The Morgan fingerprint density at radius 3 is 2.63 bits per heavy atom. The zero-order valence-electron chi connectivity index (χ0n) is 19.5. The van der Waals surface area contributed by atoms with Gasteiger partial charge < -0.3 is 9.84 Å². The van der Waals surface area contributed by atoms with Crippen molar-refractivity contribution in [2.24, 2.45) is 34.5 Å². The molecule has 10 heteroatoms. The van der Waals surface area contributed by atoms with Crippen LogP contribution in [-0.4, -0.2) is 44.3 Å². The number of carbonyl (C=O) groups excluding carboxylic acids is 3. The van der Waals surface area contributed by atoms with Gasteiger partial charge in [0.25, 0.3) is 0 Å². The molecule has 0 amide bonds. The minimum absolute atomic E-state index is 0.000597. The molecular weight excluding hydrogens is 496 g/mol. The van der Waals surface area contributed by atoms with Gasteiger partial charge in [-0.25, -0.2) is 13.6 Å². The first-order valence-electron chi connectivity index (χ1n) is 11.7. The molecule has 0 unspecified atom stereocenters. The van der Waals surface area contributed by atoms with Crippen molar-refractivity contribution >= 4 is 41.0 Å². The molecule has 0 saturated heterocycles. The minimum atomic E-state index is -2.33. The average Bonchev–Trinajstić information content (AvgIpc) is 3.38. The number of carbonyl (C=O) groups is 3. The van der Waals surface area contributed by atoms with Gasteiger partial charge in [0.2, 0.25) is 5.78 Å². The van der Waals surface area contributed by atoms with Crippen molar-refractivity contribution in [2.45, 2.75) is 58.0 Å². The number of nitrogens with zero attached hydrogens (tertiary/aromatic N) is 1. The highest BCUT2D eigenvalue weighted by Crippen LogP contribution is 2.70. The van der Waals surface area contributed by atoms with E-state index in [-0.39, 0.29) is 41.1 Å². The van der Waals surface area contributed by atoms with Crippen LogP contribution in [0, 0.1) is 34.5 Å². The molecule has 0 spiro atoms. The Morgan fingerprint density at radius 2 is 2.00 bits per heavy atom. The summed E-state index contributed by atoms with van der Waals surface area (Å²) in [6.07, 6.45) is -0.683. The van der Waals surface area contributed by atoms with Crippen LogP contribution in [0.1, 0.15) is 50.5 Å². The summed E-state index contributed by atoms with van der Waals surface area (Å²) < 4.78 is 42.2. The Hall–Kier alpha value is -1.91. The molecule has 3 fully saturated rings. The summed E-state index contributed by atoms with van der Waals surface area (Å²) >= 11 is 5.12. The Bertz CT molecular complexity index is 1170. The van der Waals surface area contributed by atoms with E-state index in [1.165, 1.54) is 19.1 Å². The lowest BCUT2D eigenvalue weighted by atomic mass is 9.45. The molecule has 1 heterocycles. The molecule has 9 atom stereocenters. The van der Waals surface area contributed by atoms with Gasteiger partial charge in [-0.1, -0.05) is 13.8 Å². The second kappa shape index (κ2) is 8.05. The van der Waals surface area contributed by atoms with Gasteiger partial charge >= 0.3 is 5.97 Å². The minimum Gasteiger partial charge on any atom is -0.418 e. The standard InChI is InChI=1S/C25H27F2NO5S2/c1-11-6-12-13-7-15(26)14-8-17(29)18(33-21(31)16-4-5-35-28-16)9-24(14,3)25(13,27)19(30)10-23(12,2)20(11)22(32)34/h4-5,8-9,11-13,15,19-20,30H,6-7,10H2,1-3H3,(H,32,34)/t11-,12+,13-,15+,19+,20+,23+,24+,25+/m1/s1. The fourth-order valence-corrected chi connectivity index (χ4v) is 8.76. The molecular formula is C25H27F2NO5S2. The summed E-state index contributed by atoms with van der Waals surface area (Å²) in [4.78, 5) is 37.6. The maximum Gasteiger partial charge on any atom is 0.363 e. The lowest BCUT2D eigenvalue weighted by Crippen LogP contribution is -2.68. The van der Waals surface area contributed by atoms with Crippen molar-refractivity contribution in [1.82, 2.24) is 4.37 Å². The van der Waals surface area contributed by atoms with Crippen LogP contribution in [0.4, 0.5) is 8.78 Å². The molecule has 188 valence electrons. The van der Waals surface area contributed by atoms with E-state index in [0.29, 0.717) is 6.42 Å². The number of thiol groups is 1. The second-order valence-corrected chi connectivity index (χ2v) is 12.0. The van der Waals surface area contributed by atoms with Gasteiger partial charge in [-0.3, -0.25) is 9.59 Å². The molecule has 5 rings (SSSR count). The Balaban J connectivity index is 1.58. The van der Waals surface area contributed by atoms with Crippen LogP contribution >= 0.6 is 24.2 Å². The van der Waals surface area contributed by atoms with Gasteiger partial charge in [-0.15, -0.1) is 12.6 Å². The number of aliphatic hydroxyl groups excluding tert-OH is 1. The first kappa shape index (κ1) is 24.8. The predicted molar refractivity (Wildman–Crippen MR) is 127 cm³/mol. The first-order chi connectivity index (χ1) is 16.3. The molecule has 3 saturated carbocycles. The van der Waals surface area contributed by atoms with Crippen molar-refractivity contribution < 1.29 is 33.0 Å². The van der Waals surface area contributed by atoms with Gasteiger partial charge in [-0.05, 0) is 78.8 Å². The highest BCUT2D eigenvalue weighted by atomic mass is 32.1. The van der Waals surface area contributed by atoms with E-state index < -0.39 is 58.1 Å². The number of ketones is 1. The highest BCUT2D eigenvalue weighted by molar-refractivity contribution is 7.96. The fourth-order valence-electron chi connectivity index (χ4n) is 7.71. The molecule has 0 bridgehead atoms. The third kappa shape index (κ3) is 3.28. The number of halogens is 2. The topological polar surface area (TPSA) is 93.6 Å². The molecule has 35 heavy (non-hydrogen) atoms. The highest BCUT2D eigenvalue weighted by Gasteiger charge is 2.73. The normalized spacial score (nSPS) is 44.5. The maximum atomic E-state index is 17.4. The first-order valence-corrected chi connectivity index (χ1v) is 13.0. The number of esters is 1. The monoisotopic (exact) mass is 523 g/mol. The number of fused-ring (bicyclic) bond motifs is 5. The number of hydrogen-bond donors (Lipinski definition) is 2. The number of rotatable bonds is 3. The van der Waals surface area contributed by atoms with Crippen LogP contribution in [0.15, 0.2) is 34.9 Å². The average molecular weight is 524 g/mol. The molecule has 4 aliphatic rings. The number of aromatic nitrogens is 1. The fraction of sp³-hybridized carbons (Fsp3) is 0.600. The summed E-state index contributed by atoms with van der Waals surface area (Å²) in [5.41, 5.74) is -4.86. The zero-order valence-corrected chi connectivity index (χ0v) is 21.2. The molecule has 1 aromatic heterocycles. The Kier molecular flexibility index (Phi) is 5.69. The smallest absolute Gasteiger partial charge is 0.363 e. The predicted octanol–water partition coefficient (Wildman–Crippen LogP) is 4.27. The number of ether oxygens (including phenoxy) is 1. The number of alkyl halides is 2. The lowest BCUT2D eigenvalue weighted by molar-refractivity contribution is -0.201. The van der Waals surface area contributed by atoms with E-state index in [1.807, 2.05) is 13.8 Å². The number of allylic oxidation sites excluding steroid dienone is 3. The second-order valence-electron chi connectivity index (χ2n) is 10.9. The van der Waals surface area contributed by atoms with Crippen molar-refractivity contribution in [3.05, 3.63) is 40.6 Å². The van der Waals surface area contributed by atoms with Crippen LogP contribution in [0.5, 0.6) is 0 Å². The van der Waals surface area contributed by atoms with Gasteiger partial charge in [0.05, 0.1) is 11.5 Å². The molecule has 4 aliphatic carbocycles. The SMILES string of the molecule is C[C@@H]1C[C@H]2[C@H]3C[C@H](F)C4=CC(=O)C(OC(=O)c5ccsn5)=C[C@]4(C)[C@@]3(F)[C@@H](O)C[C@]2(C)[C@@H]1C(=O)S. The zero-order chi connectivity index (χ0) is 25.5. The van der Waals surface area contributed by atoms with Crippen LogP contribution in [0.2, 0.25) is 0 Å². The van der Waals surface area contributed by atoms with Gasteiger partial charge in [0.15, 0.2) is 22.2 Å². The van der Waals surface area contributed by atoms with E-state index in [4.69, 9.17) is 4.74 Å². The van der Waals surface area contributed by atoms with Crippen molar-refractivity contribution in [1.29, 1.82) is 0 Å². The number of aliphatic hydroxyl groups is 1. The van der Waals surface area contributed by atoms with Crippen LogP contribution in [-0.2, 0) is 14.3 Å². The largest absolute Gasteiger partial charge is 0.418 e. The summed E-state index contributed by atoms with van der Waals surface area (Å²) in [5, 5.41) is 12.6. The van der Waals surface area contributed by atoms with E-state index in [2.05, 4.69) is 17.0 Å².